The van der Waals surface area contributed by atoms with Crippen LogP contribution in [0.15, 0.2) is 0 Å². The van der Waals surface area contributed by atoms with Crippen LogP contribution in [0.2, 0.25) is 0 Å². The molecule has 5 heteroatoms. The molecule has 1 aromatic rings. The zero-order chi connectivity index (χ0) is 14.2. The van der Waals surface area contributed by atoms with Gasteiger partial charge in [0.1, 0.15) is 0 Å². The third kappa shape index (κ3) is 2.66. The fraction of sp³-hybridized carbons (Fsp3) is 0.714. The highest BCUT2D eigenvalue weighted by Gasteiger charge is 2.32. The Balaban J connectivity index is 2.09. The van der Waals surface area contributed by atoms with Crippen LogP contribution in [-0.4, -0.2) is 39.7 Å². The lowest BCUT2D eigenvalue weighted by Crippen LogP contribution is -2.35. The number of hydrogen-bond donors (Lipinski definition) is 1. The highest BCUT2D eigenvalue weighted by Crippen LogP contribution is 2.24. The van der Waals surface area contributed by atoms with Gasteiger partial charge in [0.25, 0.3) is 0 Å². The first-order valence-electron chi connectivity index (χ1n) is 6.92. The number of amides is 1. The first-order chi connectivity index (χ1) is 8.93. The van der Waals surface area contributed by atoms with Gasteiger partial charge in [0, 0.05) is 30.9 Å². The van der Waals surface area contributed by atoms with Crippen molar-refractivity contribution in [3.8, 4) is 0 Å². The molecule has 0 radical (unpaired) electrons. The minimum atomic E-state index is 0.197. The van der Waals surface area contributed by atoms with Crippen LogP contribution in [0.3, 0.4) is 0 Å². The van der Waals surface area contributed by atoms with E-state index < -0.39 is 0 Å². The van der Waals surface area contributed by atoms with E-state index in [-0.39, 0.29) is 5.91 Å². The van der Waals surface area contributed by atoms with Crippen LogP contribution < -0.4 is 5.73 Å². The van der Waals surface area contributed by atoms with Crippen molar-refractivity contribution in [1.82, 2.24) is 14.7 Å². The van der Waals surface area contributed by atoms with Gasteiger partial charge in [-0.05, 0) is 39.7 Å². The molecule has 2 unspecified atom stereocenters. The van der Waals surface area contributed by atoms with Gasteiger partial charge in [-0.15, -0.1) is 0 Å². The molecule has 2 N–H and O–H groups in total. The highest BCUT2D eigenvalue weighted by molar-refractivity contribution is 5.80. The number of hydrogen-bond acceptors (Lipinski definition) is 3. The van der Waals surface area contributed by atoms with E-state index in [4.69, 9.17) is 5.73 Å². The Morgan fingerprint density at radius 3 is 2.63 bits per heavy atom. The third-order valence-corrected chi connectivity index (χ3v) is 4.30. The summed E-state index contributed by atoms with van der Waals surface area (Å²) in [5, 5.41) is 4.37. The van der Waals surface area contributed by atoms with E-state index in [1.165, 1.54) is 0 Å². The molecule has 1 aliphatic rings. The summed E-state index contributed by atoms with van der Waals surface area (Å²) >= 11 is 0. The molecule has 0 aliphatic carbocycles. The molecule has 0 spiro atoms. The predicted molar refractivity (Wildman–Crippen MR) is 74.7 cm³/mol. The minimum Gasteiger partial charge on any atom is -0.339 e. The maximum Gasteiger partial charge on any atom is 0.227 e. The molecule has 1 amide bonds. The molecule has 1 aliphatic heterocycles. The lowest BCUT2D eigenvalue weighted by molar-refractivity contribution is -0.131. The second-order valence-corrected chi connectivity index (χ2v) is 5.68. The number of rotatable bonds is 3. The van der Waals surface area contributed by atoms with E-state index in [1.807, 2.05) is 30.5 Å². The molecule has 2 rings (SSSR count). The monoisotopic (exact) mass is 264 g/mol. The standard InChI is InChI=1S/C14H24N4O/c1-9-5-12(7-15)8-18(9)14(19)6-13-10(2)16-17(4)11(13)3/h9,12H,5-8,15H2,1-4H3. The van der Waals surface area contributed by atoms with Gasteiger partial charge in [0.2, 0.25) is 5.91 Å². The Hall–Kier alpha value is -1.36. The predicted octanol–water partition coefficient (Wildman–Crippen LogP) is 0.775. The van der Waals surface area contributed by atoms with Crippen molar-refractivity contribution in [2.75, 3.05) is 13.1 Å². The number of carbonyl (C=O) groups is 1. The number of nitrogens with two attached hydrogens (primary N) is 1. The molecule has 106 valence electrons. The van der Waals surface area contributed by atoms with Crippen LogP contribution in [-0.2, 0) is 18.3 Å². The van der Waals surface area contributed by atoms with Crippen molar-refractivity contribution in [2.45, 2.75) is 39.7 Å². The normalized spacial score (nSPS) is 23.1. The molecule has 1 saturated heterocycles. The summed E-state index contributed by atoms with van der Waals surface area (Å²) in [4.78, 5) is 14.4. The van der Waals surface area contributed by atoms with Gasteiger partial charge in [-0.3, -0.25) is 9.48 Å². The largest absolute Gasteiger partial charge is 0.339 e. The van der Waals surface area contributed by atoms with Gasteiger partial charge in [-0.25, -0.2) is 0 Å². The summed E-state index contributed by atoms with van der Waals surface area (Å²) in [6.07, 6.45) is 1.47. The number of nitrogens with zero attached hydrogens (tertiary/aromatic N) is 3. The van der Waals surface area contributed by atoms with Crippen LogP contribution in [0.4, 0.5) is 0 Å². The Bertz CT molecular complexity index is 480. The fourth-order valence-electron chi connectivity index (χ4n) is 2.99. The quantitative estimate of drug-likeness (QED) is 0.877. The molecular formula is C14H24N4O. The molecular weight excluding hydrogens is 240 g/mol. The van der Waals surface area contributed by atoms with Crippen molar-refractivity contribution < 1.29 is 4.79 Å². The number of carbonyl (C=O) groups excluding carboxylic acids is 1. The van der Waals surface area contributed by atoms with E-state index in [0.717, 1.165) is 29.9 Å². The lowest BCUT2D eigenvalue weighted by Gasteiger charge is -2.21. The lowest BCUT2D eigenvalue weighted by atomic mass is 10.1. The zero-order valence-corrected chi connectivity index (χ0v) is 12.3. The molecule has 1 aromatic heterocycles. The average molecular weight is 264 g/mol. The van der Waals surface area contributed by atoms with E-state index >= 15 is 0 Å². The second-order valence-electron chi connectivity index (χ2n) is 5.68. The van der Waals surface area contributed by atoms with Crippen LogP contribution in [0, 0.1) is 19.8 Å². The molecule has 0 bridgehead atoms. The number of aryl methyl sites for hydroxylation is 2. The number of likely N-dealkylation sites (tertiary alicyclic amines) is 1. The number of aromatic nitrogens is 2. The van der Waals surface area contributed by atoms with Crippen molar-refractivity contribution in [3.05, 3.63) is 17.0 Å². The molecule has 19 heavy (non-hydrogen) atoms. The van der Waals surface area contributed by atoms with Crippen molar-refractivity contribution in [2.24, 2.45) is 18.7 Å². The van der Waals surface area contributed by atoms with E-state index in [9.17, 15) is 4.79 Å². The van der Waals surface area contributed by atoms with Gasteiger partial charge in [0.05, 0.1) is 12.1 Å². The molecule has 2 atom stereocenters. The topological polar surface area (TPSA) is 64.2 Å². The van der Waals surface area contributed by atoms with Gasteiger partial charge in [-0.1, -0.05) is 0 Å². The minimum absolute atomic E-state index is 0.197. The summed E-state index contributed by atoms with van der Waals surface area (Å²) < 4.78 is 1.84. The van der Waals surface area contributed by atoms with Crippen molar-refractivity contribution in [1.29, 1.82) is 0 Å². The van der Waals surface area contributed by atoms with E-state index in [0.29, 0.717) is 24.9 Å². The molecule has 0 saturated carbocycles. The molecule has 1 fully saturated rings. The summed E-state index contributed by atoms with van der Waals surface area (Å²) in [5.41, 5.74) is 8.81. The molecule has 0 aromatic carbocycles. The highest BCUT2D eigenvalue weighted by atomic mass is 16.2. The Morgan fingerprint density at radius 1 is 1.47 bits per heavy atom. The molecule has 2 heterocycles. The van der Waals surface area contributed by atoms with Gasteiger partial charge in [-0.2, -0.15) is 5.10 Å². The SMILES string of the molecule is Cc1nn(C)c(C)c1CC(=O)N1CC(CN)CC1C. The van der Waals surface area contributed by atoms with E-state index in [1.54, 1.807) is 0 Å². The average Bonchev–Trinajstić information content (AvgIpc) is 2.85. The van der Waals surface area contributed by atoms with Crippen molar-refractivity contribution in [3.63, 3.8) is 0 Å². The smallest absolute Gasteiger partial charge is 0.227 e. The summed E-state index contributed by atoms with van der Waals surface area (Å²) in [5.74, 6) is 0.651. The van der Waals surface area contributed by atoms with Crippen LogP contribution in [0.1, 0.15) is 30.3 Å². The van der Waals surface area contributed by atoms with Gasteiger partial charge >= 0.3 is 0 Å². The first kappa shape index (κ1) is 14.1. The fourth-order valence-corrected chi connectivity index (χ4v) is 2.99. The van der Waals surface area contributed by atoms with Crippen LogP contribution in [0.5, 0.6) is 0 Å². The molecule has 5 nitrogen and oxygen atoms in total. The van der Waals surface area contributed by atoms with Gasteiger partial charge in [0.15, 0.2) is 0 Å². The van der Waals surface area contributed by atoms with Crippen LogP contribution in [0.25, 0.3) is 0 Å². The summed E-state index contributed by atoms with van der Waals surface area (Å²) in [6, 6.07) is 0.304. The Labute approximate surface area is 114 Å². The van der Waals surface area contributed by atoms with Crippen molar-refractivity contribution >= 4 is 5.91 Å². The second kappa shape index (κ2) is 5.33. The third-order valence-electron chi connectivity index (χ3n) is 4.30. The zero-order valence-electron chi connectivity index (χ0n) is 12.3. The first-order valence-corrected chi connectivity index (χ1v) is 6.92. The Kier molecular flexibility index (Phi) is 3.94. The van der Waals surface area contributed by atoms with Gasteiger partial charge < -0.3 is 10.6 Å². The Morgan fingerprint density at radius 2 is 2.16 bits per heavy atom. The summed E-state index contributed by atoms with van der Waals surface area (Å²) in [6.45, 7) is 7.55. The maximum atomic E-state index is 12.4. The summed E-state index contributed by atoms with van der Waals surface area (Å²) in [7, 11) is 1.92. The van der Waals surface area contributed by atoms with E-state index in [2.05, 4.69) is 12.0 Å². The van der Waals surface area contributed by atoms with Crippen LogP contribution >= 0.6 is 0 Å². The maximum absolute atomic E-state index is 12.4.